The summed E-state index contributed by atoms with van der Waals surface area (Å²) in [5, 5.41) is 1.74. The number of methoxy groups -OCH3 is 1. The highest BCUT2D eigenvalue weighted by molar-refractivity contribution is 6.39. The summed E-state index contributed by atoms with van der Waals surface area (Å²) in [6.45, 7) is 4.06. The van der Waals surface area contributed by atoms with Crippen molar-refractivity contribution in [2.45, 2.75) is 19.8 Å². The van der Waals surface area contributed by atoms with Gasteiger partial charge in [0.05, 0.1) is 18.7 Å². The van der Waals surface area contributed by atoms with E-state index in [0.29, 0.717) is 21.3 Å². The minimum Gasteiger partial charge on any atom is -0.496 e. The second-order valence-electron chi connectivity index (χ2n) is 5.91. The third kappa shape index (κ3) is 3.27. The molecule has 3 aromatic rings. The lowest BCUT2D eigenvalue weighted by Crippen LogP contribution is -2.10. The minimum absolute atomic E-state index is 0.155. The van der Waals surface area contributed by atoms with Gasteiger partial charge in [0.15, 0.2) is 0 Å². The summed E-state index contributed by atoms with van der Waals surface area (Å²) in [5.41, 5.74) is 2.80. The molecule has 2 aromatic carbocycles. The maximum absolute atomic E-state index is 12.6. The van der Waals surface area contributed by atoms with Crippen LogP contribution < -0.4 is 4.74 Å². The zero-order valence-corrected chi connectivity index (χ0v) is 16.2. The lowest BCUT2D eigenvalue weighted by molar-refractivity contribution is 0.0519. The smallest absolute Gasteiger partial charge is 0.355 e. The molecule has 6 heteroatoms. The van der Waals surface area contributed by atoms with Crippen molar-refractivity contribution in [1.29, 1.82) is 0 Å². The Hall–Kier alpha value is -2.17. The molecule has 0 aliphatic rings. The van der Waals surface area contributed by atoms with Crippen molar-refractivity contribution >= 4 is 40.1 Å². The van der Waals surface area contributed by atoms with E-state index in [2.05, 4.69) is 4.98 Å². The molecule has 0 aliphatic heterocycles. The Balaban J connectivity index is 2.28. The van der Waals surface area contributed by atoms with E-state index >= 15 is 0 Å². The fourth-order valence-corrected chi connectivity index (χ4v) is 3.85. The first-order valence-corrected chi connectivity index (χ1v) is 9.04. The van der Waals surface area contributed by atoms with Crippen molar-refractivity contribution in [1.82, 2.24) is 4.98 Å². The Labute approximate surface area is 162 Å². The number of hydrogen-bond acceptors (Lipinski definition) is 3. The van der Waals surface area contributed by atoms with Crippen LogP contribution in [0.3, 0.4) is 0 Å². The van der Waals surface area contributed by atoms with Crippen LogP contribution in [0.2, 0.25) is 10.0 Å². The number of ether oxygens (including phenoxy) is 2. The van der Waals surface area contributed by atoms with Gasteiger partial charge in [-0.1, -0.05) is 48.3 Å². The van der Waals surface area contributed by atoms with Gasteiger partial charge in [0.2, 0.25) is 0 Å². The average Bonchev–Trinajstić information content (AvgIpc) is 3.01. The van der Waals surface area contributed by atoms with E-state index in [0.717, 1.165) is 22.3 Å². The lowest BCUT2D eigenvalue weighted by Gasteiger charge is -2.17. The molecule has 4 nitrogen and oxygen atoms in total. The molecule has 26 heavy (non-hydrogen) atoms. The monoisotopic (exact) mass is 391 g/mol. The molecule has 0 saturated heterocycles. The summed E-state index contributed by atoms with van der Waals surface area (Å²) in [6, 6.07) is 11.1. The highest BCUT2D eigenvalue weighted by atomic mass is 35.5. The number of halogens is 2. The van der Waals surface area contributed by atoms with Crippen molar-refractivity contribution in [2.75, 3.05) is 13.7 Å². The van der Waals surface area contributed by atoms with Crippen LogP contribution in [0.5, 0.6) is 5.75 Å². The Bertz CT molecular complexity index is 965. The maximum Gasteiger partial charge on any atom is 0.355 e. The number of fused-ring (bicyclic) bond motifs is 1. The molecule has 0 bridgehead atoms. The van der Waals surface area contributed by atoms with Crippen LogP contribution in [0.15, 0.2) is 36.4 Å². The molecule has 1 N–H and O–H groups in total. The number of aromatic amines is 1. The number of para-hydroxylation sites is 1. The highest BCUT2D eigenvalue weighted by Crippen LogP contribution is 2.41. The molecular formula is C20H19Cl2NO3. The first kappa shape index (κ1) is 18.6. The SMILES string of the molecule is CCOC(=O)c1[nH]c2cc(Cl)cc(Cl)c2c1C(C)c1ccccc1OC. The highest BCUT2D eigenvalue weighted by Gasteiger charge is 2.27. The average molecular weight is 392 g/mol. The summed E-state index contributed by atoms with van der Waals surface area (Å²) in [6.07, 6.45) is 0. The number of esters is 1. The van der Waals surface area contributed by atoms with E-state index in [9.17, 15) is 4.79 Å². The summed E-state index contributed by atoms with van der Waals surface area (Å²) in [7, 11) is 1.62. The van der Waals surface area contributed by atoms with E-state index in [4.69, 9.17) is 32.7 Å². The largest absolute Gasteiger partial charge is 0.496 e. The molecule has 1 aromatic heterocycles. The molecule has 0 saturated carbocycles. The molecule has 0 spiro atoms. The number of rotatable bonds is 5. The van der Waals surface area contributed by atoms with Crippen molar-refractivity contribution in [3.05, 3.63) is 63.3 Å². The van der Waals surface area contributed by atoms with Crippen LogP contribution >= 0.6 is 23.2 Å². The van der Waals surface area contributed by atoms with Gasteiger partial charge in [-0.2, -0.15) is 0 Å². The van der Waals surface area contributed by atoms with Crippen molar-refractivity contribution in [3.8, 4) is 5.75 Å². The molecule has 1 atom stereocenters. The first-order chi connectivity index (χ1) is 12.5. The molecule has 1 unspecified atom stereocenters. The first-order valence-electron chi connectivity index (χ1n) is 8.28. The van der Waals surface area contributed by atoms with Crippen molar-refractivity contribution in [2.24, 2.45) is 0 Å². The fraction of sp³-hybridized carbons (Fsp3) is 0.250. The van der Waals surface area contributed by atoms with E-state index in [1.165, 1.54) is 0 Å². The molecule has 136 valence electrons. The Morgan fingerprint density at radius 1 is 1.23 bits per heavy atom. The second-order valence-corrected chi connectivity index (χ2v) is 6.75. The molecule has 0 amide bonds. The number of H-pyrrole nitrogens is 1. The van der Waals surface area contributed by atoms with Gasteiger partial charge >= 0.3 is 5.97 Å². The van der Waals surface area contributed by atoms with Crippen LogP contribution in [0.1, 0.15) is 41.4 Å². The molecule has 0 radical (unpaired) electrons. The van der Waals surface area contributed by atoms with E-state index in [1.54, 1.807) is 26.2 Å². The van der Waals surface area contributed by atoms with Crippen LogP contribution in [0.25, 0.3) is 10.9 Å². The number of carbonyl (C=O) groups is 1. The molecular weight excluding hydrogens is 373 g/mol. The number of hydrogen-bond donors (Lipinski definition) is 1. The maximum atomic E-state index is 12.6. The van der Waals surface area contributed by atoms with Crippen LogP contribution in [0.4, 0.5) is 0 Å². The summed E-state index contributed by atoms with van der Waals surface area (Å²) in [4.78, 5) is 15.7. The quantitative estimate of drug-likeness (QED) is 0.558. The Morgan fingerprint density at radius 2 is 1.96 bits per heavy atom. The zero-order valence-electron chi connectivity index (χ0n) is 14.7. The number of nitrogens with one attached hydrogen (secondary N) is 1. The van der Waals surface area contributed by atoms with Crippen LogP contribution in [0, 0.1) is 0 Å². The zero-order chi connectivity index (χ0) is 18.8. The Morgan fingerprint density at radius 3 is 2.65 bits per heavy atom. The van der Waals surface area contributed by atoms with Gasteiger partial charge in [-0.25, -0.2) is 4.79 Å². The summed E-state index contributed by atoms with van der Waals surface area (Å²) >= 11 is 12.6. The van der Waals surface area contributed by atoms with E-state index in [-0.39, 0.29) is 12.5 Å². The molecule has 3 rings (SSSR count). The van der Waals surface area contributed by atoms with Gasteiger partial charge in [-0.15, -0.1) is 0 Å². The molecule has 1 heterocycles. The summed E-state index contributed by atoms with van der Waals surface area (Å²) < 4.78 is 10.7. The molecule has 0 fully saturated rings. The van der Waals surface area contributed by atoms with Gasteiger partial charge in [0.25, 0.3) is 0 Å². The predicted octanol–water partition coefficient (Wildman–Crippen LogP) is 5.81. The fourth-order valence-electron chi connectivity index (χ4n) is 3.25. The third-order valence-electron chi connectivity index (χ3n) is 4.37. The standard InChI is InChI=1S/C20H19Cl2NO3/c1-4-26-20(24)19-17(11(2)13-7-5-6-8-16(13)25-3)18-14(22)9-12(21)10-15(18)23-19/h5-11,23H,4H2,1-3H3. The normalized spacial score (nSPS) is 12.2. The number of carbonyl (C=O) groups excluding carboxylic acids is 1. The topological polar surface area (TPSA) is 51.3 Å². The van der Waals surface area contributed by atoms with E-state index < -0.39 is 5.97 Å². The number of aromatic nitrogens is 1. The lowest BCUT2D eigenvalue weighted by atomic mass is 9.90. The molecule has 0 aliphatic carbocycles. The van der Waals surface area contributed by atoms with Crippen LogP contribution in [-0.4, -0.2) is 24.7 Å². The number of benzene rings is 2. The van der Waals surface area contributed by atoms with Gasteiger partial charge in [0.1, 0.15) is 11.4 Å². The van der Waals surface area contributed by atoms with Gasteiger partial charge in [-0.05, 0) is 25.1 Å². The second kappa shape index (κ2) is 7.60. The third-order valence-corrected chi connectivity index (χ3v) is 4.89. The predicted molar refractivity (Wildman–Crippen MR) is 105 cm³/mol. The van der Waals surface area contributed by atoms with Gasteiger partial charge < -0.3 is 14.5 Å². The Kier molecular flexibility index (Phi) is 5.44. The van der Waals surface area contributed by atoms with Crippen LogP contribution in [-0.2, 0) is 4.74 Å². The summed E-state index contributed by atoms with van der Waals surface area (Å²) in [5.74, 6) is 0.167. The van der Waals surface area contributed by atoms with Crippen molar-refractivity contribution in [3.63, 3.8) is 0 Å². The van der Waals surface area contributed by atoms with Crippen molar-refractivity contribution < 1.29 is 14.3 Å². The van der Waals surface area contributed by atoms with Gasteiger partial charge in [0, 0.05) is 33.0 Å². The van der Waals surface area contributed by atoms with E-state index in [1.807, 2.05) is 31.2 Å². The minimum atomic E-state index is -0.423. The van der Waals surface area contributed by atoms with Gasteiger partial charge in [-0.3, -0.25) is 0 Å².